The number of rotatable bonds is 5. The van der Waals surface area contributed by atoms with E-state index in [9.17, 15) is 0 Å². The Bertz CT molecular complexity index is 3420. The third kappa shape index (κ3) is 5.06. The van der Waals surface area contributed by atoms with Crippen molar-refractivity contribution in [2.45, 2.75) is 19.3 Å². The number of hydrogen-bond acceptors (Lipinski definition) is 2. The molecule has 11 aromatic rings. The van der Waals surface area contributed by atoms with E-state index >= 15 is 0 Å². The van der Waals surface area contributed by atoms with Crippen molar-refractivity contribution in [3.8, 4) is 33.4 Å². The van der Waals surface area contributed by atoms with Crippen LogP contribution in [0.2, 0.25) is 0 Å². The second-order valence-electron chi connectivity index (χ2n) is 16.4. The average Bonchev–Trinajstić information content (AvgIpc) is 3.79. The van der Waals surface area contributed by atoms with Crippen LogP contribution in [0.25, 0.3) is 87.6 Å². The summed E-state index contributed by atoms with van der Waals surface area (Å²) in [5, 5.41) is 9.66. The van der Waals surface area contributed by atoms with E-state index in [4.69, 9.17) is 4.42 Å². The first kappa shape index (κ1) is 33.7. The molecule has 2 heteroatoms. The van der Waals surface area contributed by atoms with Crippen molar-refractivity contribution in [2.75, 3.05) is 4.90 Å². The van der Waals surface area contributed by atoms with Crippen molar-refractivity contribution in [3.05, 3.63) is 211 Å². The van der Waals surface area contributed by atoms with Gasteiger partial charge in [0, 0.05) is 38.3 Å². The van der Waals surface area contributed by atoms with Crippen molar-refractivity contribution in [1.29, 1.82) is 0 Å². The molecular formula is C57H39NO. The summed E-state index contributed by atoms with van der Waals surface area (Å²) in [5.41, 5.74) is 15.3. The van der Waals surface area contributed by atoms with Crippen LogP contribution in [0.4, 0.5) is 17.1 Å². The normalized spacial score (nSPS) is 13.1. The van der Waals surface area contributed by atoms with E-state index in [-0.39, 0.29) is 5.41 Å². The van der Waals surface area contributed by atoms with Gasteiger partial charge in [-0.1, -0.05) is 166 Å². The topological polar surface area (TPSA) is 16.4 Å². The Kier molecular flexibility index (Phi) is 7.31. The molecule has 2 nitrogen and oxygen atoms in total. The molecule has 0 bridgehead atoms. The van der Waals surface area contributed by atoms with Crippen LogP contribution < -0.4 is 4.90 Å². The highest BCUT2D eigenvalue weighted by Gasteiger charge is 2.36. The second kappa shape index (κ2) is 12.8. The molecule has 0 saturated heterocycles. The lowest BCUT2D eigenvalue weighted by molar-refractivity contribution is 0.660. The summed E-state index contributed by atoms with van der Waals surface area (Å²) < 4.78 is 6.44. The minimum absolute atomic E-state index is 0.135. The molecule has 1 heterocycles. The lowest BCUT2D eigenvalue weighted by atomic mass is 9.82. The first-order valence-corrected chi connectivity index (χ1v) is 20.5. The Morgan fingerprint density at radius 3 is 1.64 bits per heavy atom. The molecule has 0 N–H and O–H groups in total. The quantitative estimate of drug-likeness (QED) is 0.163. The van der Waals surface area contributed by atoms with E-state index in [0.29, 0.717) is 0 Å². The molecule has 0 radical (unpaired) electrons. The highest BCUT2D eigenvalue weighted by Crippen LogP contribution is 2.52. The van der Waals surface area contributed by atoms with Gasteiger partial charge in [0.1, 0.15) is 11.2 Å². The summed E-state index contributed by atoms with van der Waals surface area (Å²) in [6, 6.07) is 73.2. The summed E-state index contributed by atoms with van der Waals surface area (Å²) in [7, 11) is 0. The van der Waals surface area contributed by atoms with E-state index in [1.54, 1.807) is 0 Å². The van der Waals surface area contributed by atoms with Gasteiger partial charge in [0.25, 0.3) is 0 Å². The Morgan fingerprint density at radius 2 is 0.898 bits per heavy atom. The number of furan rings is 1. The van der Waals surface area contributed by atoms with Crippen LogP contribution in [0.1, 0.15) is 25.0 Å². The fraction of sp³-hybridized carbons (Fsp3) is 0.0526. The van der Waals surface area contributed by atoms with Gasteiger partial charge in [0.05, 0.1) is 5.69 Å². The molecule has 1 aliphatic rings. The van der Waals surface area contributed by atoms with Gasteiger partial charge in [-0.2, -0.15) is 0 Å². The SMILES string of the molecule is CC1(C)c2ccccc2-c2ccc(N(c3ccc(-c4ccc(-c5ccccc5)cc4)cc3)c3cccc4c5ccc6oc7ccccc7c6c5c5ccccc5c34)cc21. The van der Waals surface area contributed by atoms with Crippen molar-refractivity contribution in [2.24, 2.45) is 0 Å². The lowest BCUT2D eigenvalue weighted by Crippen LogP contribution is -2.16. The summed E-state index contributed by atoms with van der Waals surface area (Å²) in [4.78, 5) is 2.48. The van der Waals surface area contributed by atoms with Gasteiger partial charge in [-0.3, -0.25) is 0 Å². The lowest BCUT2D eigenvalue weighted by Gasteiger charge is -2.30. The maximum Gasteiger partial charge on any atom is 0.136 e. The smallest absolute Gasteiger partial charge is 0.136 e. The van der Waals surface area contributed by atoms with Crippen molar-refractivity contribution in [1.82, 2.24) is 0 Å². The number of fused-ring (bicyclic) bond motifs is 13. The Morgan fingerprint density at radius 1 is 0.356 bits per heavy atom. The summed E-state index contributed by atoms with van der Waals surface area (Å²) in [5.74, 6) is 0. The molecule has 59 heavy (non-hydrogen) atoms. The second-order valence-corrected chi connectivity index (χ2v) is 16.4. The minimum Gasteiger partial charge on any atom is -0.456 e. The maximum absolute atomic E-state index is 6.44. The zero-order valence-electron chi connectivity index (χ0n) is 32.9. The highest BCUT2D eigenvalue weighted by atomic mass is 16.3. The third-order valence-corrected chi connectivity index (χ3v) is 12.9. The molecule has 278 valence electrons. The van der Waals surface area contributed by atoms with Gasteiger partial charge in [0.15, 0.2) is 0 Å². The van der Waals surface area contributed by atoms with Gasteiger partial charge >= 0.3 is 0 Å². The zero-order valence-corrected chi connectivity index (χ0v) is 32.9. The van der Waals surface area contributed by atoms with Gasteiger partial charge in [-0.05, 0) is 115 Å². The van der Waals surface area contributed by atoms with Crippen LogP contribution >= 0.6 is 0 Å². The largest absolute Gasteiger partial charge is 0.456 e. The van der Waals surface area contributed by atoms with E-state index in [1.807, 2.05) is 6.07 Å². The van der Waals surface area contributed by atoms with Gasteiger partial charge in [-0.25, -0.2) is 0 Å². The monoisotopic (exact) mass is 753 g/mol. The van der Waals surface area contributed by atoms with Crippen LogP contribution in [-0.4, -0.2) is 0 Å². The predicted molar refractivity (Wildman–Crippen MR) is 249 cm³/mol. The van der Waals surface area contributed by atoms with E-state index in [1.165, 1.54) is 82.2 Å². The highest BCUT2D eigenvalue weighted by molar-refractivity contribution is 6.36. The summed E-state index contributed by atoms with van der Waals surface area (Å²) in [6.45, 7) is 4.73. The predicted octanol–water partition coefficient (Wildman–Crippen LogP) is 16.2. The molecule has 0 aliphatic heterocycles. The van der Waals surface area contributed by atoms with E-state index in [0.717, 1.165) is 33.6 Å². The van der Waals surface area contributed by atoms with Crippen molar-refractivity contribution >= 4 is 71.3 Å². The molecule has 0 fully saturated rings. The number of hydrogen-bond donors (Lipinski definition) is 0. The average molecular weight is 754 g/mol. The molecular weight excluding hydrogens is 715 g/mol. The van der Waals surface area contributed by atoms with Crippen LogP contribution in [0.5, 0.6) is 0 Å². The molecule has 1 aliphatic carbocycles. The number of nitrogens with zero attached hydrogens (tertiary/aromatic N) is 1. The molecule has 0 atom stereocenters. The molecule has 0 unspecified atom stereocenters. The van der Waals surface area contributed by atoms with Crippen molar-refractivity contribution < 1.29 is 4.42 Å². The third-order valence-electron chi connectivity index (χ3n) is 12.9. The number of para-hydroxylation sites is 1. The molecule has 1 aromatic heterocycles. The first-order valence-electron chi connectivity index (χ1n) is 20.5. The van der Waals surface area contributed by atoms with Crippen LogP contribution in [0.3, 0.4) is 0 Å². The number of benzene rings is 10. The van der Waals surface area contributed by atoms with Gasteiger partial charge in [-0.15, -0.1) is 0 Å². The number of anilines is 3. The van der Waals surface area contributed by atoms with Crippen molar-refractivity contribution in [3.63, 3.8) is 0 Å². The summed E-state index contributed by atoms with van der Waals surface area (Å²) in [6.07, 6.45) is 0. The standard InChI is InChI=1S/C57H39NO/c1-57(2)49-20-10-8-15-42(49)43-32-31-41(35-50(43)57)58(40-29-27-39(28-30-40)38-25-23-37(24-26-38)36-13-4-3-5-14-36)51-21-12-19-45-47-33-34-53-56(48-18-9-11-22-52(48)59-53)55(47)46-17-7-6-16-44(46)54(45)51/h3-35H,1-2H3. The Balaban J connectivity index is 1.09. The zero-order chi connectivity index (χ0) is 39.2. The van der Waals surface area contributed by atoms with Gasteiger partial charge < -0.3 is 9.32 Å². The summed E-state index contributed by atoms with van der Waals surface area (Å²) >= 11 is 0. The maximum atomic E-state index is 6.44. The molecule has 10 aromatic carbocycles. The van der Waals surface area contributed by atoms with Crippen LogP contribution in [-0.2, 0) is 5.41 Å². The van der Waals surface area contributed by atoms with Crippen LogP contribution in [0, 0.1) is 0 Å². The van der Waals surface area contributed by atoms with Gasteiger partial charge in [0.2, 0.25) is 0 Å². The fourth-order valence-corrected chi connectivity index (χ4v) is 10.0. The molecule has 12 rings (SSSR count). The van der Waals surface area contributed by atoms with E-state index in [2.05, 4.69) is 213 Å². The minimum atomic E-state index is -0.135. The van der Waals surface area contributed by atoms with Crippen LogP contribution in [0.15, 0.2) is 205 Å². The first-order chi connectivity index (χ1) is 29.0. The molecule has 0 amide bonds. The van der Waals surface area contributed by atoms with E-state index < -0.39 is 0 Å². The fourth-order valence-electron chi connectivity index (χ4n) is 10.0. The molecule has 0 saturated carbocycles. The Hall–Kier alpha value is -7.42. The Labute approximate surface area is 343 Å². The molecule has 0 spiro atoms.